The number of hydrogen-bond donors (Lipinski definition) is 1. The van der Waals surface area contributed by atoms with Gasteiger partial charge < -0.3 is 10.5 Å². The number of nitrogens with two attached hydrogens (primary N) is 1. The number of aromatic nitrogens is 3. The summed E-state index contributed by atoms with van der Waals surface area (Å²) in [5.41, 5.74) is 6.53. The maximum atomic E-state index is 13.3. The first kappa shape index (κ1) is 17.5. The third-order valence-corrected chi connectivity index (χ3v) is 4.50. The second-order valence-corrected chi connectivity index (χ2v) is 6.30. The van der Waals surface area contributed by atoms with E-state index >= 15 is 0 Å². The van der Waals surface area contributed by atoms with Gasteiger partial charge in [0, 0.05) is 6.07 Å². The van der Waals surface area contributed by atoms with Gasteiger partial charge in [-0.2, -0.15) is 0 Å². The lowest BCUT2D eigenvalue weighted by Gasteiger charge is -2.14. The van der Waals surface area contributed by atoms with Crippen molar-refractivity contribution in [3.8, 4) is 11.4 Å². The van der Waals surface area contributed by atoms with Gasteiger partial charge in [0.15, 0.2) is 5.65 Å². The number of nitrogens with zero attached hydrogens (tertiary/aromatic N) is 3. The van der Waals surface area contributed by atoms with Gasteiger partial charge in [0.2, 0.25) is 0 Å². The molecule has 0 unspecified atom stereocenters. The lowest BCUT2D eigenvalue weighted by Crippen LogP contribution is -2.40. The van der Waals surface area contributed by atoms with Gasteiger partial charge in [0.25, 0.3) is 5.56 Å². The smallest absolute Gasteiger partial charge is 0.337 e. The monoisotopic (exact) mass is 374 g/mol. The highest BCUT2D eigenvalue weighted by atomic mass is 16.5. The fourth-order valence-electron chi connectivity index (χ4n) is 3.13. The zero-order chi connectivity index (χ0) is 19.7. The predicted molar refractivity (Wildman–Crippen MR) is 108 cm³/mol. The Bertz CT molecular complexity index is 1280. The summed E-state index contributed by atoms with van der Waals surface area (Å²) in [6, 6.07) is 19.5. The minimum Gasteiger partial charge on any atom is -0.497 e. The summed E-state index contributed by atoms with van der Waals surface area (Å²) in [6.07, 6.45) is 0. The van der Waals surface area contributed by atoms with Crippen LogP contribution in [0.2, 0.25) is 0 Å². The second-order valence-electron chi connectivity index (χ2n) is 6.30. The molecular formula is C21H18N4O3. The molecule has 0 bridgehead atoms. The summed E-state index contributed by atoms with van der Waals surface area (Å²) in [5, 5.41) is 0.313. The van der Waals surface area contributed by atoms with Gasteiger partial charge in [-0.05, 0) is 29.8 Å². The molecule has 2 heterocycles. The van der Waals surface area contributed by atoms with E-state index < -0.39 is 11.2 Å². The SMILES string of the molecule is COc1cccc(-n2c(=O)n(Cc3ccccc3)c(=O)c3ccc(N)nc32)c1. The quantitative estimate of drug-likeness (QED) is 0.591. The van der Waals surface area contributed by atoms with E-state index in [2.05, 4.69) is 4.98 Å². The van der Waals surface area contributed by atoms with Gasteiger partial charge in [0.1, 0.15) is 11.6 Å². The average Bonchev–Trinajstić information content (AvgIpc) is 2.72. The molecule has 2 N–H and O–H groups in total. The van der Waals surface area contributed by atoms with E-state index in [-0.39, 0.29) is 18.0 Å². The summed E-state index contributed by atoms with van der Waals surface area (Å²) in [4.78, 5) is 30.6. The molecule has 140 valence electrons. The molecule has 7 heteroatoms. The Balaban J connectivity index is 2.05. The molecule has 0 spiro atoms. The molecule has 4 rings (SSSR count). The minimum atomic E-state index is -0.493. The molecular weight excluding hydrogens is 356 g/mol. The van der Waals surface area contributed by atoms with Gasteiger partial charge >= 0.3 is 5.69 Å². The first-order chi connectivity index (χ1) is 13.6. The molecule has 0 atom stereocenters. The zero-order valence-electron chi connectivity index (χ0n) is 15.2. The minimum absolute atomic E-state index is 0.156. The van der Waals surface area contributed by atoms with Crippen molar-refractivity contribution in [3.63, 3.8) is 0 Å². The van der Waals surface area contributed by atoms with Gasteiger partial charge in [-0.25, -0.2) is 14.3 Å². The highest BCUT2D eigenvalue weighted by Gasteiger charge is 2.16. The largest absolute Gasteiger partial charge is 0.497 e. The van der Waals surface area contributed by atoms with Gasteiger partial charge in [0.05, 0.1) is 24.7 Å². The number of rotatable bonds is 4. The Morgan fingerprint density at radius 1 is 1.00 bits per heavy atom. The molecule has 4 aromatic rings. The summed E-state index contributed by atoms with van der Waals surface area (Å²) < 4.78 is 7.86. The first-order valence-corrected chi connectivity index (χ1v) is 8.69. The van der Waals surface area contributed by atoms with Crippen LogP contribution in [0.1, 0.15) is 5.56 Å². The van der Waals surface area contributed by atoms with Gasteiger partial charge in [-0.15, -0.1) is 0 Å². The van der Waals surface area contributed by atoms with Crippen molar-refractivity contribution < 1.29 is 4.74 Å². The third kappa shape index (κ3) is 3.03. The number of anilines is 1. The van der Waals surface area contributed by atoms with Crippen molar-refractivity contribution in [2.45, 2.75) is 6.54 Å². The van der Waals surface area contributed by atoms with Crippen LogP contribution in [0.25, 0.3) is 16.7 Å². The fraction of sp³-hybridized carbons (Fsp3) is 0.0952. The molecule has 7 nitrogen and oxygen atoms in total. The van der Waals surface area contributed by atoms with Crippen LogP contribution in [0.4, 0.5) is 5.82 Å². The highest BCUT2D eigenvalue weighted by Crippen LogP contribution is 2.18. The maximum Gasteiger partial charge on any atom is 0.337 e. The normalized spacial score (nSPS) is 10.9. The van der Waals surface area contributed by atoms with E-state index in [1.807, 2.05) is 30.3 Å². The number of hydrogen-bond acceptors (Lipinski definition) is 5. The Morgan fingerprint density at radius 2 is 1.79 bits per heavy atom. The van der Waals surface area contributed by atoms with Crippen LogP contribution in [-0.4, -0.2) is 21.2 Å². The Morgan fingerprint density at radius 3 is 2.54 bits per heavy atom. The van der Waals surface area contributed by atoms with Crippen LogP contribution in [0.15, 0.2) is 76.3 Å². The molecule has 0 saturated heterocycles. The van der Waals surface area contributed by atoms with Crippen LogP contribution in [0, 0.1) is 0 Å². The highest BCUT2D eigenvalue weighted by molar-refractivity contribution is 5.77. The molecule has 0 aliphatic carbocycles. The number of nitrogen functional groups attached to an aromatic ring is 1. The number of benzene rings is 2. The molecule has 0 radical (unpaired) electrons. The van der Waals surface area contributed by atoms with Crippen molar-refractivity contribution >= 4 is 16.9 Å². The van der Waals surface area contributed by atoms with Crippen LogP contribution in [-0.2, 0) is 6.54 Å². The maximum absolute atomic E-state index is 13.3. The van der Waals surface area contributed by atoms with Crippen LogP contribution >= 0.6 is 0 Å². The molecule has 2 aromatic heterocycles. The molecule has 2 aromatic carbocycles. The number of ether oxygens (including phenoxy) is 1. The summed E-state index contributed by atoms with van der Waals surface area (Å²) in [7, 11) is 1.55. The summed E-state index contributed by atoms with van der Waals surface area (Å²) in [5.74, 6) is 0.811. The topological polar surface area (TPSA) is 92.1 Å². The van der Waals surface area contributed by atoms with Crippen LogP contribution < -0.4 is 21.7 Å². The van der Waals surface area contributed by atoms with Gasteiger partial charge in [-0.3, -0.25) is 9.36 Å². The van der Waals surface area contributed by atoms with Gasteiger partial charge in [-0.1, -0.05) is 36.4 Å². The average molecular weight is 374 g/mol. The van der Waals surface area contributed by atoms with E-state index in [0.717, 1.165) is 5.56 Å². The number of pyridine rings is 1. The van der Waals surface area contributed by atoms with Crippen molar-refractivity contribution in [3.05, 3.63) is 93.1 Å². The molecule has 0 aliphatic heterocycles. The van der Waals surface area contributed by atoms with Crippen LogP contribution in [0.3, 0.4) is 0 Å². The standard InChI is InChI=1S/C21H18N4O3/c1-28-16-9-5-8-15(12-16)25-19-17(10-11-18(22)23-19)20(26)24(21(25)27)13-14-6-3-2-4-7-14/h2-12H,13H2,1H3,(H2,22,23). The molecule has 28 heavy (non-hydrogen) atoms. The van der Waals surface area contributed by atoms with E-state index in [4.69, 9.17) is 10.5 Å². The first-order valence-electron chi connectivity index (χ1n) is 8.69. The number of methoxy groups -OCH3 is 1. The van der Waals surface area contributed by atoms with E-state index in [0.29, 0.717) is 16.8 Å². The van der Waals surface area contributed by atoms with Crippen molar-refractivity contribution in [1.82, 2.24) is 14.1 Å². The molecule has 0 fully saturated rings. The Kier molecular flexibility index (Phi) is 4.41. The zero-order valence-corrected chi connectivity index (χ0v) is 15.2. The van der Waals surface area contributed by atoms with E-state index in [1.165, 1.54) is 9.13 Å². The predicted octanol–water partition coefficient (Wildman–Crippen LogP) is 2.19. The van der Waals surface area contributed by atoms with E-state index in [1.54, 1.807) is 43.5 Å². The lowest BCUT2D eigenvalue weighted by atomic mass is 10.2. The Hall–Kier alpha value is -3.87. The molecule has 0 aliphatic rings. The third-order valence-electron chi connectivity index (χ3n) is 4.50. The van der Waals surface area contributed by atoms with Crippen LogP contribution in [0.5, 0.6) is 5.75 Å². The van der Waals surface area contributed by atoms with Crippen molar-refractivity contribution in [1.29, 1.82) is 0 Å². The fourth-order valence-corrected chi connectivity index (χ4v) is 3.13. The lowest BCUT2D eigenvalue weighted by molar-refractivity contribution is 0.414. The summed E-state index contributed by atoms with van der Waals surface area (Å²) in [6.45, 7) is 0.156. The van der Waals surface area contributed by atoms with E-state index in [9.17, 15) is 9.59 Å². The Labute approximate surface area is 160 Å². The van der Waals surface area contributed by atoms with Crippen molar-refractivity contribution in [2.75, 3.05) is 12.8 Å². The molecule has 0 saturated carbocycles. The second kappa shape index (κ2) is 7.03. The molecule has 0 amide bonds. The number of fused-ring (bicyclic) bond motifs is 1. The van der Waals surface area contributed by atoms with Crippen molar-refractivity contribution in [2.24, 2.45) is 0 Å². The summed E-state index contributed by atoms with van der Waals surface area (Å²) >= 11 is 0.